The Labute approximate surface area is 103 Å². The lowest BCUT2D eigenvalue weighted by atomic mass is 10.0. The smallest absolute Gasteiger partial charge is 0.226 e. The van der Waals surface area contributed by atoms with Gasteiger partial charge in [0.15, 0.2) is 0 Å². The fourth-order valence-corrected chi connectivity index (χ4v) is 2.24. The summed E-state index contributed by atoms with van der Waals surface area (Å²) in [6, 6.07) is 1.80. The van der Waals surface area contributed by atoms with Crippen LogP contribution in [0.4, 0.5) is 5.95 Å². The van der Waals surface area contributed by atoms with Crippen molar-refractivity contribution in [2.45, 2.75) is 51.5 Å². The van der Waals surface area contributed by atoms with E-state index >= 15 is 0 Å². The highest BCUT2D eigenvalue weighted by Gasteiger charge is 2.29. The zero-order valence-electron chi connectivity index (χ0n) is 10.7. The van der Waals surface area contributed by atoms with Gasteiger partial charge in [-0.1, -0.05) is 19.8 Å². The van der Waals surface area contributed by atoms with E-state index in [0.29, 0.717) is 18.4 Å². The van der Waals surface area contributed by atoms with Gasteiger partial charge in [0.05, 0.1) is 6.61 Å². The summed E-state index contributed by atoms with van der Waals surface area (Å²) in [5, 5.41) is 3.43. The Morgan fingerprint density at radius 2 is 2.18 bits per heavy atom. The lowest BCUT2D eigenvalue weighted by molar-refractivity contribution is 0.305. The molecular weight excluding hydrogens is 214 g/mol. The summed E-state index contributed by atoms with van der Waals surface area (Å²) in [6.07, 6.45) is 7.70. The van der Waals surface area contributed by atoms with Gasteiger partial charge in [-0.2, -0.15) is 4.98 Å². The second kappa shape index (κ2) is 5.34. The third kappa shape index (κ3) is 3.32. The monoisotopic (exact) mass is 235 g/mol. The molecule has 0 aromatic carbocycles. The first kappa shape index (κ1) is 12.1. The molecule has 1 aromatic rings. The van der Waals surface area contributed by atoms with Crippen molar-refractivity contribution < 1.29 is 4.74 Å². The molecule has 0 saturated heterocycles. The Morgan fingerprint density at radius 3 is 2.88 bits per heavy atom. The van der Waals surface area contributed by atoms with Crippen LogP contribution in [0.25, 0.3) is 0 Å². The van der Waals surface area contributed by atoms with Crippen LogP contribution in [0.5, 0.6) is 5.88 Å². The van der Waals surface area contributed by atoms with E-state index in [4.69, 9.17) is 4.74 Å². The number of anilines is 1. The molecule has 17 heavy (non-hydrogen) atoms. The average Bonchev–Trinajstić information content (AvgIpc) is 2.73. The van der Waals surface area contributed by atoms with Gasteiger partial charge in [0.25, 0.3) is 0 Å². The minimum Gasteiger partial charge on any atom is -0.478 e. The van der Waals surface area contributed by atoms with Crippen LogP contribution in [0.3, 0.4) is 0 Å². The number of rotatable bonds is 5. The maximum Gasteiger partial charge on any atom is 0.226 e. The van der Waals surface area contributed by atoms with Gasteiger partial charge in [0.2, 0.25) is 11.8 Å². The molecule has 1 aliphatic carbocycles. The van der Waals surface area contributed by atoms with Crippen LogP contribution in [-0.4, -0.2) is 22.1 Å². The molecular formula is C13H21N3O. The van der Waals surface area contributed by atoms with Crippen LogP contribution in [0.2, 0.25) is 0 Å². The van der Waals surface area contributed by atoms with Crippen LogP contribution in [0.15, 0.2) is 12.3 Å². The second-order valence-corrected chi connectivity index (χ2v) is 4.96. The van der Waals surface area contributed by atoms with Crippen molar-refractivity contribution in [1.82, 2.24) is 9.97 Å². The summed E-state index contributed by atoms with van der Waals surface area (Å²) in [5.74, 6) is 1.34. The Morgan fingerprint density at radius 1 is 1.41 bits per heavy atom. The van der Waals surface area contributed by atoms with Crippen molar-refractivity contribution in [3.63, 3.8) is 0 Å². The molecule has 0 atom stereocenters. The van der Waals surface area contributed by atoms with Crippen LogP contribution in [0.1, 0.15) is 46.0 Å². The van der Waals surface area contributed by atoms with E-state index < -0.39 is 0 Å². The number of nitrogens with zero attached hydrogens (tertiary/aromatic N) is 2. The van der Waals surface area contributed by atoms with Gasteiger partial charge < -0.3 is 10.1 Å². The van der Waals surface area contributed by atoms with Crippen molar-refractivity contribution in [2.75, 3.05) is 11.9 Å². The zero-order valence-corrected chi connectivity index (χ0v) is 10.7. The van der Waals surface area contributed by atoms with Crippen LogP contribution >= 0.6 is 0 Å². The van der Waals surface area contributed by atoms with E-state index in [9.17, 15) is 0 Å². The van der Waals surface area contributed by atoms with E-state index in [1.807, 2.05) is 0 Å². The second-order valence-electron chi connectivity index (χ2n) is 4.96. The molecule has 1 saturated carbocycles. The zero-order chi connectivity index (χ0) is 12.1. The van der Waals surface area contributed by atoms with Crippen molar-refractivity contribution in [1.29, 1.82) is 0 Å². The van der Waals surface area contributed by atoms with E-state index in [1.165, 1.54) is 25.7 Å². The normalized spacial score (nSPS) is 18.0. The molecule has 94 valence electrons. The Bertz CT molecular complexity index is 361. The number of hydrogen-bond acceptors (Lipinski definition) is 4. The summed E-state index contributed by atoms with van der Waals surface area (Å²) in [7, 11) is 0. The number of hydrogen-bond donors (Lipinski definition) is 1. The van der Waals surface area contributed by atoms with Crippen molar-refractivity contribution >= 4 is 5.95 Å². The van der Waals surface area contributed by atoms with Crippen LogP contribution < -0.4 is 10.1 Å². The minimum absolute atomic E-state index is 0.156. The molecule has 1 aliphatic rings. The lowest BCUT2D eigenvalue weighted by Crippen LogP contribution is -2.31. The third-order valence-corrected chi connectivity index (χ3v) is 3.20. The molecule has 4 nitrogen and oxygen atoms in total. The van der Waals surface area contributed by atoms with Gasteiger partial charge in [0.1, 0.15) is 0 Å². The maximum atomic E-state index is 5.50. The highest BCUT2D eigenvalue weighted by molar-refractivity contribution is 5.31. The van der Waals surface area contributed by atoms with Gasteiger partial charge in [-0.05, 0) is 26.2 Å². The van der Waals surface area contributed by atoms with Crippen molar-refractivity contribution in [2.24, 2.45) is 0 Å². The summed E-state index contributed by atoms with van der Waals surface area (Å²) in [4.78, 5) is 8.63. The molecule has 0 unspecified atom stereocenters. The SMILES string of the molecule is CCCOc1ccnc(NC2(C)CCCC2)n1. The molecule has 1 fully saturated rings. The van der Waals surface area contributed by atoms with Crippen molar-refractivity contribution in [3.05, 3.63) is 12.3 Å². The van der Waals surface area contributed by atoms with Gasteiger partial charge in [-0.15, -0.1) is 0 Å². The summed E-state index contributed by atoms with van der Waals surface area (Å²) in [6.45, 7) is 5.02. The van der Waals surface area contributed by atoms with Crippen LogP contribution in [-0.2, 0) is 0 Å². The third-order valence-electron chi connectivity index (χ3n) is 3.20. The van der Waals surface area contributed by atoms with Gasteiger partial charge in [-0.25, -0.2) is 4.98 Å². The largest absolute Gasteiger partial charge is 0.478 e. The van der Waals surface area contributed by atoms with Crippen LogP contribution in [0, 0.1) is 0 Å². The molecule has 0 bridgehead atoms. The van der Waals surface area contributed by atoms with Gasteiger partial charge in [-0.3, -0.25) is 0 Å². The number of aromatic nitrogens is 2. The van der Waals surface area contributed by atoms with E-state index in [2.05, 4.69) is 29.1 Å². The molecule has 0 spiro atoms. The maximum absolute atomic E-state index is 5.50. The van der Waals surface area contributed by atoms with Gasteiger partial charge in [0, 0.05) is 17.8 Å². The molecule has 0 amide bonds. The summed E-state index contributed by atoms with van der Waals surface area (Å²) in [5.41, 5.74) is 0.156. The predicted molar refractivity (Wildman–Crippen MR) is 68.3 cm³/mol. The molecule has 1 heterocycles. The molecule has 2 rings (SSSR count). The fourth-order valence-electron chi connectivity index (χ4n) is 2.24. The molecule has 0 aliphatic heterocycles. The average molecular weight is 235 g/mol. The highest BCUT2D eigenvalue weighted by Crippen LogP contribution is 2.31. The van der Waals surface area contributed by atoms with Crippen molar-refractivity contribution in [3.8, 4) is 5.88 Å². The Hall–Kier alpha value is -1.32. The lowest BCUT2D eigenvalue weighted by Gasteiger charge is -2.25. The molecule has 1 aromatic heterocycles. The van der Waals surface area contributed by atoms with E-state index in [-0.39, 0.29) is 5.54 Å². The predicted octanol–water partition coefficient (Wildman–Crippen LogP) is 3.01. The molecule has 1 N–H and O–H groups in total. The van der Waals surface area contributed by atoms with E-state index in [1.54, 1.807) is 12.3 Å². The molecule has 0 radical (unpaired) electrons. The highest BCUT2D eigenvalue weighted by atomic mass is 16.5. The van der Waals surface area contributed by atoms with Gasteiger partial charge >= 0.3 is 0 Å². The standard InChI is InChI=1S/C13H21N3O/c1-3-10-17-11-6-9-14-12(15-11)16-13(2)7-4-5-8-13/h6,9H,3-5,7-8,10H2,1-2H3,(H,14,15,16). The molecule has 4 heteroatoms. The first-order valence-corrected chi connectivity index (χ1v) is 6.46. The first-order chi connectivity index (χ1) is 8.22. The summed E-state index contributed by atoms with van der Waals surface area (Å²) >= 11 is 0. The number of ether oxygens (including phenoxy) is 1. The summed E-state index contributed by atoms with van der Waals surface area (Å²) < 4.78 is 5.50. The number of nitrogens with one attached hydrogen (secondary N) is 1. The fraction of sp³-hybridized carbons (Fsp3) is 0.692. The first-order valence-electron chi connectivity index (χ1n) is 6.46. The Balaban J connectivity index is 2.00. The van der Waals surface area contributed by atoms with E-state index in [0.717, 1.165) is 6.42 Å². The minimum atomic E-state index is 0.156. The topological polar surface area (TPSA) is 47.0 Å². The Kier molecular flexibility index (Phi) is 3.82. The quantitative estimate of drug-likeness (QED) is 0.852.